The summed E-state index contributed by atoms with van der Waals surface area (Å²) >= 11 is 1.46. The van der Waals surface area contributed by atoms with Crippen molar-refractivity contribution in [3.8, 4) is 0 Å². The van der Waals surface area contributed by atoms with Gasteiger partial charge in [0.25, 0.3) is 0 Å². The number of nitrogens with one attached hydrogen (secondary N) is 2. The first-order valence-corrected chi connectivity index (χ1v) is 10.00. The average Bonchev–Trinajstić information content (AvgIpc) is 3.27. The lowest BCUT2D eigenvalue weighted by Crippen LogP contribution is -2.30. The van der Waals surface area contributed by atoms with Crippen LogP contribution in [0.25, 0.3) is 0 Å². The number of hydrogen-bond acceptors (Lipinski definition) is 7. The predicted octanol–water partition coefficient (Wildman–Crippen LogP) is 3.23. The third kappa shape index (κ3) is 3.90. The first kappa shape index (κ1) is 18.1. The molecule has 1 saturated carbocycles. The number of nitrogens with zero attached hydrogens (tertiary/aromatic N) is 4. The third-order valence-corrected chi connectivity index (χ3v) is 6.27. The zero-order valence-electron chi connectivity index (χ0n) is 15.4. The van der Waals surface area contributed by atoms with Gasteiger partial charge in [0, 0.05) is 30.8 Å². The summed E-state index contributed by atoms with van der Waals surface area (Å²) in [5.74, 6) is 0.844. The second kappa shape index (κ2) is 7.06. The molecule has 0 aromatic carbocycles. The van der Waals surface area contributed by atoms with Crippen molar-refractivity contribution in [1.82, 2.24) is 20.4 Å². The quantitative estimate of drug-likeness (QED) is 0.830. The van der Waals surface area contributed by atoms with E-state index in [1.165, 1.54) is 11.3 Å². The number of rotatable bonds is 3. The van der Waals surface area contributed by atoms with E-state index in [0.29, 0.717) is 36.4 Å². The molecule has 27 heavy (non-hydrogen) atoms. The largest absolute Gasteiger partial charge is 0.341 e. The lowest BCUT2D eigenvalue weighted by molar-refractivity contribution is 0.118. The molecule has 2 amide bonds. The van der Waals surface area contributed by atoms with Crippen LogP contribution in [0.15, 0.2) is 4.52 Å². The Labute approximate surface area is 160 Å². The highest BCUT2D eigenvalue weighted by Crippen LogP contribution is 2.39. The molecule has 3 heterocycles. The molecule has 1 aliphatic carbocycles. The fourth-order valence-electron chi connectivity index (χ4n) is 3.57. The Bertz CT molecular complexity index is 825. The molecule has 146 valence electrons. The summed E-state index contributed by atoms with van der Waals surface area (Å²) in [4.78, 5) is 23.6. The number of hydrogen-bond donors (Lipinski definition) is 2. The number of carbonyl (C=O) groups is 1. The maximum atomic E-state index is 14.0. The number of halogens is 1. The second-order valence-corrected chi connectivity index (χ2v) is 8.47. The lowest BCUT2D eigenvalue weighted by atomic mass is 9.81. The molecule has 1 aliphatic heterocycles. The molecule has 0 atom stereocenters. The molecule has 0 spiro atoms. The molecule has 10 heteroatoms. The Balaban J connectivity index is 1.42. The van der Waals surface area contributed by atoms with Gasteiger partial charge in [0.2, 0.25) is 0 Å². The van der Waals surface area contributed by atoms with E-state index in [1.54, 1.807) is 14.0 Å². The summed E-state index contributed by atoms with van der Waals surface area (Å²) in [6.45, 7) is 3.01. The molecule has 8 nitrogen and oxygen atoms in total. The van der Waals surface area contributed by atoms with Gasteiger partial charge >= 0.3 is 12.0 Å². The Morgan fingerprint density at radius 3 is 2.89 bits per heavy atom. The number of fused-ring (bicyclic) bond motifs is 1. The van der Waals surface area contributed by atoms with Gasteiger partial charge in [0.05, 0.1) is 12.2 Å². The monoisotopic (exact) mass is 394 g/mol. The van der Waals surface area contributed by atoms with E-state index in [0.717, 1.165) is 36.4 Å². The van der Waals surface area contributed by atoms with Gasteiger partial charge in [-0.05, 0) is 32.6 Å². The van der Waals surface area contributed by atoms with E-state index in [4.69, 9.17) is 4.52 Å². The lowest BCUT2D eigenvalue weighted by Gasteiger charge is -2.29. The molecule has 2 aromatic rings. The van der Waals surface area contributed by atoms with Crippen LogP contribution in [-0.2, 0) is 13.0 Å². The summed E-state index contributed by atoms with van der Waals surface area (Å²) in [5.41, 5.74) is -0.0734. The molecule has 0 unspecified atom stereocenters. The highest BCUT2D eigenvalue weighted by atomic mass is 32.1. The summed E-state index contributed by atoms with van der Waals surface area (Å²) in [6, 6.07) is 0.217. The Hall–Kier alpha value is -2.23. The summed E-state index contributed by atoms with van der Waals surface area (Å²) < 4.78 is 19.5. The predicted molar refractivity (Wildman–Crippen MR) is 100.0 cm³/mol. The number of aromatic nitrogens is 3. The Kier molecular flexibility index (Phi) is 4.75. The normalized spacial score (nSPS) is 25.1. The van der Waals surface area contributed by atoms with Crippen molar-refractivity contribution >= 4 is 28.5 Å². The minimum Gasteiger partial charge on any atom is -0.341 e. The molecule has 2 aliphatic rings. The van der Waals surface area contributed by atoms with E-state index in [9.17, 15) is 9.18 Å². The highest BCUT2D eigenvalue weighted by Gasteiger charge is 2.34. The molecule has 2 N–H and O–H groups in total. The van der Waals surface area contributed by atoms with E-state index in [1.807, 2.05) is 4.90 Å². The number of amides is 2. The second-order valence-electron chi connectivity index (χ2n) is 7.39. The molecule has 0 radical (unpaired) electrons. The summed E-state index contributed by atoms with van der Waals surface area (Å²) in [6.07, 6.45) is 3.33. The fourth-order valence-corrected chi connectivity index (χ4v) is 4.59. The van der Waals surface area contributed by atoms with Gasteiger partial charge in [0.1, 0.15) is 5.67 Å². The van der Waals surface area contributed by atoms with Crippen LogP contribution in [0.3, 0.4) is 0 Å². The van der Waals surface area contributed by atoms with Gasteiger partial charge in [-0.25, -0.2) is 14.2 Å². The standard InChI is InChI=1S/C17H23FN6O2S/c1-17(18)6-3-10(4-7-17)13-21-16(26-23-13)24-8-5-11-12(9-24)27-15(20-11)22-14(25)19-2/h10H,3-9H2,1-2H3,(H2,19,20,22,25). The zero-order valence-corrected chi connectivity index (χ0v) is 16.2. The first-order chi connectivity index (χ1) is 12.9. The van der Waals surface area contributed by atoms with E-state index < -0.39 is 5.67 Å². The maximum Gasteiger partial charge on any atom is 0.324 e. The molecule has 4 rings (SSSR count). The van der Waals surface area contributed by atoms with Gasteiger partial charge in [0.15, 0.2) is 11.0 Å². The van der Waals surface area contributed by atoms with Crippen LogP contribution >= 0.6 is 11.3 Å². The van der Waals surface area contributed by atoms with Crippen molar-refractivity contribution in [2.45, 2.75) is 57.2 Å². The molecule has 0 saturated heterocycles. The number of thiazole rings is 1. The smallest absolute Gasteiger partial charge is 0.324 e. The molecule has 0 bridgehead atoms. The molecule has 1 fully saturated rings. The molecular weight excluding hydrogens is 371 g/mol. The number of carbonyl (C=O) groups excluding carboxylic acids is 1. The first-order valence-electron chi connectivity index (χ1n) is 9.18. The van der Waals surface area contributed by atoms with Crippen LogP contribution in [-0.4, -0.2) is 40.4 Å². The zero-order chi connectivity index (χ0) is 19.0. The van der Waals surface area contributed by atoms with Crippen LogP contribution < -0.4 is 15.5 Å². The highest BCUT2D eigenvalue weighted by molar-refractivity contribution is 7.15. The van der Waals surface area contributed by atoms with Crippen LogP contribution in [0.5, 0.6) is 0 Å². The minimum absolute atomic E-state index is 0.165. The summed E-state index contributed by atoms with van der Waals surface area (Å²) in [7, 11) is 1.57. The van der Waals surface area contributed by atoms with Gasteiger partial charge < -0.3 is 14.7 Å². The van der Waals surface area contributed by atoms with Crippen molar-refractivity contribution in [1.29, 1.82) is 0 Å². The minimum atomic E-state index is -1.07. The molecular formula is C17H23FN6O2S. The Morgan fingerprint density at radius 2 is 2.15 bits per heavy atom. The SMILES string of the molecule is CNC(=O)Nc1nc2c(s1)CN(c1nc(C3CCC(C)(F)CC3)no1)CC2. The van der Waals surface area contributed by atoms with Crippen molar-refractivity contribution in [2.75, 3.05) is 23.8 Å². The third-order valence-electron chi connectivity index (χ3n) is 5.27. The van der Waals surface area contributed by atoms with Crippen LogP contribution in [0.1, 0.15) is 54.9 Å². The number of alkyl halides is 1. The molecule has 2 aromatic heterocycles. The van der Waals surface area contributed by atoms with E-state index >= 15 is 0 Å². The van der Waals surface area contributed by atoms with Crippen molar-refractivity contribution < 1.29 is 13.7 Å². The average molecular weight is 394 g/mol. The summed E-state index contributed by atoms with van der Waals surface area (Å²) in [5, 5.41) is 9.96. The topological polar surface area (TPSA) is 96.2 Å². The van der Waals surface area contributed by atoms with Gasteiger partial charge in [-0.2, -0.15) is 4.98 Å². The van der Waals surface area contributed by atoms with Gasteiger partial charge in [-0.1, -0.05) is 16.5 Å². The van der Waals surface area contributed by atoms with Crippen LogP contribution in [0.4, 0.5) is 20.3 Å². The van der Waals surface area contributed by atoms with Crippen molar-refractivity contribution in [3.63, 3.8) is 0 Å². The van der Waals surface area contributed by atoms with Gasteiger partial charge in [-0.3, -0.25) is 5.32 Å². The van der Waals surface area contributed by atoms with E-state index in [2.05, 4.69) is 25.8 Å². The number of urea groups is 1. The number of anilines is 2. The van der Waals surface area contributed by atoms with Gasteiger partial charge in [-0.15, -0.1) is 0 Å². The van der Waals surface area contributed by atoms with Crippen molar-refractivity contribution in [3.05, 3.63) is 16.4 Å². The maximum absolute atomic E-state index is 14.0. The van der Waals surface area contributed by atoms with Crippen LogP contribution in [0.2, 0.25) is 0 Å². The van der Waals surface area contributed by atoms with Crippen molar-refractivity contribution in [2.24, 2.45) is 0 Å². The van der Waals surface area contributed by atoms with E-state index in [-0.39, 0.29) is 11.9 Å². The van der Waals surface area contributed by atoms with Crippen LogP contribution in [0, 0.1) is 0 Å². The fraction of sp³-hybridized carbons (Fsp3) is 0.647. The Morgan fingerprint density at radius 1 is 1.37 bits per heavy atom.